The highest BCUT2D eigenvalue weighted by atomic mass is 32.2. The van der Waals surface area contributed by atoms with Crippen molar-refractivity contribution in [3.05, 3.63) is 96.1 Å². The lowest BCUT2D eigenvalue weighted by atomic mass is 9.94. The van der Waals surface area contributed by atoms with E-state index < -0.39 is 9.52 Å². The van der Waals surface area contributed by atoms with Crippen LogP contribution in [0.4, 0.5) is 0 Å². The van der Waals surface area contributed by atoms with Crippen molar-refractivity contribution in [2.45, 2.75) is 42.4 Å². The lowest BCUT2D eigenvalue weighted by molar-refractivity contribution is 0.682. The Balaban J connectivity index is 1.60. The Labute approximate surface area is 215 Å². The van der Waals surface area contributed by atoms with Gasteiger partial charge >= 0.3 is 0 Å². The van der Waals surface area contributed by atoms with Gasteiger partial charge in [0.2, 0.25) is 0 Å². The second-order valence-electron chi connectivity index (χ2n) is 9.44. The maximum Gasteiger partial charge on any atom is 0.0432 e. The predicted octanol–water partition coefficient (Wildman–Crippen LogP) is 6.31. The van der Waals surface area contributed by atoms with Gasteiger partial charge in [-0.15, -0.1) is 0 Å². The normalized spacial score (nSPS) is 13.3. The number of fused-ring (bicyclic) bond motifs is 3. The molecule has 36 heavy (non-hydrogen) atoms. The molecule has 4 aromatic rings. The van der Waals surface area contributed by atoms with Gasteiger partial charge in [0, 0.05) is 19.3 Å². The van der Waals surface area contributed by atoms with Crippen LogP contribution in [0.25, 0.3) is 33.4 Å². The molecule has 4 aromatic carbocycles. The van der Waals surface area contributed by atoms with E-state index in [1.54, 1.807) is 0 Å². The van der Waals surface area contributed by atoms with Crippen LogP contribution in [-0.4, -0.2) is 22.7 Å². The van der Waals surface area contributed by atoms with Crippen LogP contribution in [0.3, 0.4) is 0 Å². The van der Waals surface area contributed by atoms with Gasteiger partial charge in [0.05, 0.1) is 0 Å². The van der Waals surface area contributed by atoms with Crippen molar-refractivity contribution < 1.29 is 4.21 Å². The molecule has 0 radical (unpaired) electrons. The maximum absolute atomic E-state index is 14.2. The quantitative estimate of drug-likeness (QED) is 0.248. The second-order valence-corrected chi connectivity index (χ2v) is 12.0. The number of hydrogen-bond acceptors (Lipinski definition) is 3. The fourth-order valence-corrected chi connectivity index (χ4v) is 7.44. The van der Waals surface area contributed by atoms with Crippen LogP contribution in [0.2, 0.25) is 0 Å². The van der Waals surface area contributed by atoms with E-state index in [1.165, 1.54) is 22.3 Å². The molecule has 0 bridgehead atoms. The summed E-state index contributed by atoms with van der Waals surface area (Å²) < 4.78 is 14.2. The van der Waals surface area contributed by atoms with Gasteiger partial charge in [0.1, 0.15) is 0 Å². The molecule has 0 saturated heterocycles. The van der Waals surface area contributed by atoms with E-state index in [0.717, 1.165) is 57.7 Å². The Morgan fingerprint density at radius 1 is 0.639 bits per heavy atom. The van der Waals surface area contributed by atoms with Gasteiger partial charge in [-0.25, -0.2) is 0 Å². The van der Waals surface area contributed by atoms with Crippen molar-refractivity contribution >= 4 is 14.9 Å². The summed E-state index contributed by atoms with van der Waals surface area (Å²) in [5, 5.41) is 1.87. The average Bonchev–Trinajstić information content (AvgIpc) is 3.18. The average molecular weight is 495 g/mol. The highest BCUT2D eigenvalue weighted by molar-refractivity contribution is 8.01. The first kappa shape index (κ1) is 24.5. The highest BCUT2D eigenvalue weighted by Gasteiger charge is 2.29. The molecule has 4 N–H and O–H groups in total. The van der Waals surface area contributed by atoms with Crippen LogP contribution in [0.1, 0.15) is 30.9 Å². The summed E-state index contributed by atoms with van der Waals surface area (Å²) in [6.07, 6.45) is 3.91. The molecule has 0 aliphatic carbocycles. The summed E-state index contributed by atoms with van der Waals surface area (Å²) in [5.41, 5.74) is 20.8. The van der Waals surface area contributed by atoms with Crippen molar-refractivity contribution in [1.29, 1.82) is 0 Å². The van der Waals surface area contributed by atoms with Crippen molar-refractivity contribution in [3.8, 4) is 33.4 Å². The molecule has 1 aliphatic rings. The molecular formula is C32H34N2OS. The van der Waals surface area contributed by atoms with Crippen molar-refractivity contribution in [2.75, 3.05) is 13.1 Å². The molecule has 4 heteroatoms. The molecule has 0 saturated carbocycles. The summed E-state index contributed by atoms with van der Waals surface area (Å²) in [6, 6.07) is 30.1. The molecule has 1 heterocycles. The van der Waals surface area contributed by atoms with Gasteiger partial charge in [-0.3, -0.25) is 4.21 Å². The number of benzene rings is 4. The first-order valence-corrected chi connectivity index (χ1v) is 14.4. The zero-order valence-electron chi connectivity index (χ0n) is 20.9. The highest BCUT2D eigenvalue weighted by Crippen LogP contribution is 2.46. The fourth-order valence-electron chi connectivity index (χ4n) is 5.17. The van der Waals surface area contributed by atoms with E-state index >= 15 is 0 Å². The molecule has 0 unspecified atom stereocenters. The van der Waals surface area contributed by atoms with E-state index in [2.05, 4.69) is 84.9 Å². The number of aryl methyl sites for hydroxylation is 2. The van der Waals surface area contributed by atoms with E-state index in [9.17, 15) is 4.21 Å². The van der Waals surface area contributed by atoms with E-state index in [-0.39, 0.29) is 0 Å². The lowest BCUT2D eigenvalue weighted by Crippen LogP contribution is -2.00. The zero-order chi connectivity index (χ0) is 25.1. The van der Waals surface area contributed by atoms with Crippen LogP contribution in [0.5, 0.6) is 0 Å². The molecule has 0 amide bonds. The van der Waals surface area contributed by atoms with Gasteiger partial charge in [-0.2, -0.15) is 0 Å². The third-order valence-electron chi connectivity index (χ3n) is 7.09. The first-order valence-electron chi connectivity index (χ1n) is 12.8. The fraction of sp³-hybridized carbons (Fsp3) is 0.219. The number of rotatable bonds is 8. The topological polar surface area (TPSA) is 69.1 Å². The van der Waals surface area contributed by atoms with E-state index in [0.29, 0.717) is 13.1 Å². The Kier molecular flexibility index (Phi) is 7.10. The predicted molar refractivity (Wildman–Crippen MR) is 154 cm³/mol. The summed E-state index contributed by atoms with van der Waals surface area (Å²) in [6.45, 7) is 3.30. The van der Waals surface area contributed by atoms with Crippen LogP contribution in [0, 0.1) is 0 Å². The van der Waals surface area contributed by atoms with Crippen LogP contribution in [-0.2, 0) is 22.4 Å². The number of hydrogen-bond donors (Lipinski definition) is 2. The second kappa shape index (κ2) is 10.4. The van der Waals surface area contributed by atoms with Crippen molar-refractivity contribution in [2.24, 2.45) is 11.5 Å². The summed E-state index contributed by atoms with van der Waals surface area (Å²) >= 11 is 0. The standard InChI is InChI=1S/C32H34N2OS/c1-2-36(35)31-15-13-27(25-11-3-7-23(19-25)9-5-17-33)21-29(31)30-22-28(14-16-32(30)36)26-12-4-8-24(20-26)10-6-18-34/h2-4,7-8,11-16,19-22H,5-6,9-10,17-18,33-34H2,1H3. The minimum Gasteiger partial charge on any atom is -0.330 e. The Morgan fingerprint density at radius 3 is 1.50 bits per heavy atom. The minimum atomic E-state index is -2.40. The van der Waals surface area contributed by atoms with Gasteiger partial charge in [0.25, 0.3) is 0 Å². The third kappa shape index (κ3) is 4.53. The Hall–Kier alpha value is -3.18. The molecular weight excluding hydrogens is 460 g/mol. The molecule has 3 nitrogen and oxygen atoms in total. The summed E-state index contributed by atoms with van der Waals surface area (Å²) in [7, 11) is -2.40. The van der Waals surface area contributed by atoms with Gasteiger partial charge in [-0.1, -0.05) is 60.7 Å². The molecule has 184 valence electrons. The zero-order valence-corrected chi connectivity index (χ0v) is 21.7. The molecule has 5 rings (SSSR count). The third-order valence-corrected chi connectivity index (χ3v) is 9.78. The van der Waals surface area contributed by atoms with E-state index in [1.807, 2.05) is 12.3 Å². The van der Waals surface area contributed by atoms with Gasteiger partial charge in [-0.05, 0) is 120 Å². The maximum atomic E-state index is 14.2. The molecule has 0 fully saturated rings. The largest absolute Gasteiger partial charge is 0.330 e. The Morgan fingerprint density at radius 2 is 1.08 bits per heavy atom. The molecule has 0 spiro atoms. The smallest absolute Gasteiger partial charge is 0.0432 e. The van der Waals surface area contributed by atoms with Gasteiger partial charge < -0.3 is 11.5 Å². The summed E-state index contributed by atoms with van der Waals surface area (Å²) in [4.78, 5) is 1.83. The number of nitrogens with two attached hydrogens (primary N) is 2. The lowest BCUT2D eigenvalue weighted by Gasteiger charge is -2.09. The van der Waals surface area contributed by atoms with Crippen LogP contribution >= 0.6 is 0 Å². The molecule has 0 aromatic heterocycles. The van der Waals surface area contributed by atoms with Crippen LogP contribution < -0.4 is 11.5 Å². The first-order chi connectivity index (χ1) is 17.6. The minimum absolute atomic E-state index is 0.694. The monoisotopic (exact) mass is 494 g/mol. The SMILES string of the molecule is CC=S1(=O)c2ccc(-c3cccc(CCCN)c3)cc2-c2cc(-c3cccc(CCCN)c3)ccc21. The molecule has 0 atom stereocenters. The van der Waals surface area contributed by atoms with Crippen molar-refractivity contribution in [1.82, 2.24) is 0 Å². The molecule has 1 aliphatic heterocycles. The summed E-state index contributed by atoms with van der Waals surface area (Å²) in [5.74, 6) is 0. The van der Waals surface area contributed by atoms with Crippen LogP contribution in [0.15, 0.2) is 94.7 Å². The van der Waals surface area contributed by atoms with E-state index in [4.69, 9.17) is 11.5 Å². The Bertz CT molecular complexity index is 1420. The van der Waals surface area contributed by atoms with Gasteiger partial charge in [0.15, 0.2) is 0 Å². The van der Waals surface area contributed by atoms with Crippen molar-refractivity contribution in [3.63, 3.8) is 0 Å².